The van der Waals surface area contributed by atoms with Crippen molar-refractivity contribution in [2.45, 2.75) is 52.2 Å². The van der Waals surface area contributed by atoms with Crippen molar-refractivity contribution in [1.29, 1.82) is 0 Å². The van der Waals surface area contributed by atoms with Gasteiger partial charge in [0.2, 0.25) is 0 Å². The SMILES string of the molecule is Cc1c(F)c(F)cc2c(=O)n(NC(=O)OC(C)(C)C)c(=O)n(C3CC3)c12. The number of fused-ring (bicyclic) bond motifs is 1. The first-order valence-corrected chi connectivity index (χ1v) is 8.17. The molecule has 9 heteroatoms. The van der Waals surface area contributed by atoms with Crippen LogP contribution >= 0.6 is 0 Å². The maximum absolute atomic E-state index is 14.0. The summed E-state index contributed by atoms with van der Waals surface area (Å²) in [4.78, 5) is 37.4. The fourth-order valence-electron chi connectivity index (χ4n) is 2.79. The Kier molecular flexibility index (Phi) is 4.12. The van der Waals surface area contributed by atoms with Gasteiger partial charge in [-0.25, -0.2) is 23.8 Å². The third kappa shape index (κ3) is 3.09. The first-order valence-electron chi connectivity index (χ1n) is 8.17. The van der Waals surface area contributed by atoms with Crippen LogP contribution < -0.4 is 16.7 Å². The van der Waals surface area contributed by atoms with Gasteiger partial charge in [-0.1, -0.05) is 0 Å². The van der Waals surface area contributed by atoms with Gasteiger partial charge in [-0.05, 0) is 46.6 Å². The van der Waals surface area contributed by atoms with Crippen molar-refractivity contribution < 1.29 is 18.3 Å². The number of nitrogens with zero attached hydrogens (tertiary/aromatic N) is 2. The molecular weight excluding hydrogens is 348 g/mol. The molecule has 0 unspecified atom stereocenters. The zero-order valence-corrected chi connectivity index (χ0v) is 14.9. The lowest BCUT2D eigenvalue weighted by atomic mass is 10.1. The zero-order chi connectivity index (χ0) is 19.4. The van der Waals surface area contributed by atoms with Gasteiger partial charge in [-0.3, -0.25) is 9.36 Å². The van der Waals surface area contributed by atoms with E-state index >= 15 is 0 Å². The lowest BCUT2D eigenvalue weighted by molar-refractivity contribution is 0.0610. The second-order valence-corrected chi connectivity index (χ2v) is 7.33. The van der Waals surface area contributed by atoms with Crippen molar-refractivity contribution in [2.24, 2.45) is 0 Å². The molecule has 2 aromatic rings. The second kappa shape index (κ2) is 5.93. The van der Waals surface area contributed by atoms with E-state index in [2.05, 4.69) is 5.43 Å². The van der Waals surface area contributed by atoms with Crippen LogP contribution in [0, 0.1) is 18.6 Å². The highest BCUT2D eigenvalue weighted by Gasteiger charge is 2.31. The average Bonchev–Trinajstić information content (AvgIpc) is 3.33. The number of carbonyl (C=O) groups is 1. The Morgan fingerprint density at radius 2 is 1.88 bits per heavy atom. The largest absolute Gasteiger partial charge is 0.443 e. The molecule has 26 heavy (non-hydrogen) atoms. The third-order valence-corrected chi connectivity index (χ3v) is 4.01. The molecule has 0 atom stereocenters. The molecule has 0 aliphatic heterocycles. The van der Waals surface area contributed by atoms with E-state index in [-0.39, 0.29) is 22.5 Å². The van der Waals surface area contributed by atoms with Crippen LogP contribution in [0.3, 0.4) is 0 Å². The van der Waals surface area contributed by atoms with E-state index in [1.165, 1.54) is 11.5 Å². The fourth-order valence-corrected chi connectivity index (χ4v) is 2.79. The van der Waals surface area contributed by atoms with Crippen LogP contribution in [0.15, 0.2) is 15.7 Å². The number of aromatic nitrogens is 2. The summed E-state index contributed by atoms with van der Waals surface area (Å²) >= 11 is 0. The number of aryl methyl sites for hydroxylation is 1. The smallest absolute Gasteiger partial charge is 0.427 e. The minimum Gasteiger partial charge on any atom is -0.443 e. The molecule has 140 valence electrons. The molecule has 1 heterocycles. The number of nitrogens with one attached hydrogen (secondary N) is 1. The van der Waals surface area contributed by atoms with Crippen molar-refractivity contribution in [3.8, 4) is 0 Å². The molecule has 1 N–H and O–H groups in total. The summed E-state index contributed by atoms with van der Waals surface area (Å²) in [6.45, 7) is 6.18. The van der Waals surface area contributed by atoms with Gasteiger partial charge in [0, 0.05) is 11.6 Å². The minimum absolute atomic E-state index is 0.0450. The Balaban J connectivity index is 2.26. The van der Waals surface area contributed by atoms with E-state index in [1.54, 1.807) is 20.8 Å². The van der Waals surface area contributed by atoms with Gasteiger partial charge in [0.15, 0.2) is 11.6 Å². The number of rotatable bonds is 2. The number of amides is 1. The molecule has 1 aliphatic rings. The van der Waals surface area contributed by atoms with E-state index in [4.69, 9.17) is 4.74 Å². The number of benzene rings is 1. The summed E-state index contributed by atoms with van der Waals surface area (Å²) in [6, 6.07) is 0.506. The van der Waals surface area contributed by atoms with E-state index < -0.39 is 34.6 Å². The molecular formula is C17H19F2N3O4. The molecule has 0 bridgehead atoms. The molecule has 3 rings (SSSR count). The van der Waals surface area contributed by atoms with Crippen LogP contribution in [-0.2, 0) is 4.74 Å². The maximum atomic E-state index is 14.0. The van der Waals surface area contributed by atoms with Gasteiger partial charge in [0.05, 0.1) is 10.9 Å². The first-order chi connectivity index (χ1) is 12.0. The predicted molar refractivity (Wildman–Crippen MR) is 91.0 cm³/mol. The summed E-state index contributed by atoms with van der Waals surface area (Å²) in [5.41, 5.74) is -0.597. The molecule has 0 radical (unpaired) electrons. The van der Waals surface area contributed by atoms with Crippen LogP contribution in [0.2, 0.25) is 0 Å². The van der Waals surface area contributed by atoms with Crippen LogP contribution in [-0.4, -0.2) is 20.9 Å². The van der Waals surface area contributed by atoms with E-state index in [0.717, 1.165) is 6.07 Å². The van der Waals surface area contributed by atoms with Crippen molar-refractivity contribution >= 4 is 17.0 Å². The Labute approximate surface area is 147 Å². The summed E-state index contributed by atoms with van der Waals surface area (Å²) in [5.74, 6) is -2.31. The normalized spacial score (nSPS) is 14.5. The van der Waals surface area contributed by atoms with Gasteiger partial charge < -0.3 is 4.74 Å². The molecule has 0 saturated heterocycles. The molecule has 1 aromatic carbocycles. The van der Waals surface area contributed by atoms with Crippen molar-refractivity contribution in [3.63, 3.8) is 0 Å². The average molecular weight is 367 g/mol. The van der Waals surface area contributed by atoms with Gasteiger partial charge in [-0.2, -0.15) is 4.68 Å². The van der Waals surface area contributed by atoms with Crippen LogP contribution in [0.5, 0.6) is 0 Å². The summed E-state index contributed by atoms with van der Waals surface area (Å²) in [5, 5.41) is -0.191. The minimum atomic E-state index is -1.20. The highest BCUT2D eigenvalue weighted by molar-refractivity contribution is 5.83. The highest BCUT2D eigenvalue weighted by Crippen LogP contribution is 2.36. The van der Waals surface area contributed by atoms with Gasteiger partial charge in [-0.15, -0.1) is 0 Å². The van der Waals surface area contributed by atoms with E-state index in [9.17, 15) is 23.2 Å². The first kappa shape index (κ1) is 18.1. The molecule has 1 amide bonds. The maximum Gasteiger partial charge on any atom is 0.427 e. The molecule has 1 aliphatic carbocycles. The van der Waals surface area contributed by atoms with E-state index in [1.807, 2.05) is 0 Å². The van der Waals surface area contributed by atoms with Gasteiger partial charge >= 0.3 is 11.8 Å². The Hall–Kier alpha value is -2.71. The lowest BCUT2D eigenvalue weighted by Gasteiger charge is -2.21. The van der Waals surface area contributed by atoms with Gasteiger partial charge in [0.1, 0.15) is 5.60 Å². The summed E-state index contributed by atoms with van der Waals surface area (Å²) < 4.78 is 34.6. The second-order valence-electron chi connectivity index (χ2n) is 7.33. The quantitative estimate of drug-likeness (QED) is 0.884. The topological polar surface area (TPSA) is 82.3 Å². The predicted octanol–water partition coefficient (Wildman–Crippen LogP) is 2.56. The summed E-state index contributed by atoms with van der Waals surface area (Å²) in [7, 11) is 0. The van der Waals surface area contributed by atoms with Crippen molar-refractivity contribution in [3.05, 3.63) is 44.1 Å². The van der Waals surface area contributed by atoms with Crippen LogP contribution in [0.25, 0.3) is 10.9 Å². The molecule has 1 fully saturated rings. The number of halogens is 2. The standard InChI is InChI=1S/C17H19F2N3O4/c1-8-12(19)11(18)7-10-13(8)21(9-5-6-9)16(25)22(14(10)23)20-15(24)26-17(2,3)4/h7,9H,5-6H2,1-4H3,(H,20,24). The number of hydrogen-bond donors (Lipinski definition) is 1. The zero-order valence-electron chi connectivity index (χ0n) is 14.9. The van der Waals surface area contributed by atoms with Gasteiger partial charge in [0.25, 0.3) is 5.56 Å². The summed E-state index contributed by atoms with van der Waals surface area (Å²) in [6.07, 6.45) is 0.327. The molecule has 0 spiro atoms. The number of carbonyl (C=O) groups excluding carboxylic acids is 1. The third-order valence-electron chi connectivity index (χ3n) is 4.01. The van der Waals surface area contributed by atoms with Crippen molar-refractivity contribution in [2.75, 3.05) is 5.43 Å². The highest BCUT2D eigenvalue weighted by atomic mass is 19.2. The van der Waals surface area contributed by atoms with Crippen LogP contribution in [0.1, 0.15) is 45.2 Å². The fraction of sp³-hybridized carbons (Fsp3) is 0.471. The Bertz CT molecular complexity index is 1030. The number of hydrogen-bond acceptors (Lipinski definition) is 4. The molecule has 1 saturated carbocycles. The van der Waals surface area contributed by atoms with Crippen molar-refractivity contribution in [1.82, 2.24) is 9.24 Å². The lowest BCUT2D eigenvalue weighted by Crippen LogP contribution is -2.48. The Morgan fingerprint density at radius 3 is 2.42 bits per heavy atom. The number of ether oxygens (including phenoxy) is 1. The Morgan fingerprint density at radius 1 is 1.27 bits per heavy atom. The molecule has 7 nitrogen and oxygen atoms in total. The van der Waals surface area contributed by atoms with Crippen LogP contribution in [0.4, 0.5) is 13.6 Å². The van der Waals surface area contributed by atoms with E-state index in [0.29, 0.717) is 17.5 Å². The monoisotopic (exact) mass is 367 g/mol. The molecule has 1 aromatic heterocycles.